The van der Waals surface area contributed by atoms with Crippen LogP contribution < -0.4 is 4.90 Å². The molecule has 0 unspecified atom stereocenters. The molecule has 0 saturated heterocycles. The summed E-state index contributed by atoms with van der Waals surface area (Å²) in [5.74, 6) is 0.705. The van der Waals surface area contributed by atoms with E-state index in [1.807, 2.05) is 30.5 Å². The Morgan fingerprint density at radius 3 is 3.00 bits per heavy atom. The third kappa shape index (κ3) is 3.20. The first kappa shape index (κ1) is 12.8. The summed E-state index contributed by atoms with van der Waals surface area (Å²) in [6.45, 7) is 0. The van der Waals surface area contributed by atoms with Crippen molar-refractivity contribution >= 4 is 27.7 Å². The van der Waals surface area contributed by atoms with E-state index in [4.69, 9.17) is 0 Å². The fourth-order valence-corrected chi connectivity index (χ4v) is 1.96. The normalized spacial score (nSPS) is 10.3. The van der Waals surface area contributed by atoms with Gasteiger partial charge in [0, 0.05) is 36.0 Å². The van der Waals surface area contributed by atoms with Gasteiger partial charge in [0.1, 0.15) is 5.82 Å². The highest BCUT2D eigenvalue weighted by atomic mass is 79.9. The Bertz CT molecular complexity index is 525. The van der Waals surface area contributed by atoms with Crippen molar-refractivity contribution in [2.24, 2.45) is 0 Å². The molecule has 0 aliphatic heterocycles. The number of nitrogens with one attached hydrogen (secondary N) is 1. The van der Waals surface area contributed by atoms with E-state index in [0.717, 1.165) is 10.2 Å². The lowest BCUT2D eigenvalue weighted by Gasteiger charge is -2.16. The molecule has 5 heteroatoms. The maximum atomic E-state index is 12.0. The van der Waals surface area contributed by atoms with Gasteiger partial charge >= 0.3 is 0 Å². The molecule has 2 heterocycles. The number of aryl methyl sites for hydroxylation is 1. The van der Waals surface area contributed by atoms with Crippen LogP contribution in [0.5, 0.6) is 0 Å². The molecule has 0 bridgehead atoms. The summed E-state index contributed by atoms with van der Waals surface area (Å²) in [4.78, 5) is 20.8. The second-order valence-corrected chi connectivity index (χ2v) is 4.90. The van der Waals surface area contributed by atoms with Crippen molar-refractivity contribution in [3.8, 4) is 0 Å². The molecular formula is C13H14BrN3O. The molecule has 94 valence electrons. The van der Waals surface area contributed by atoms with Gasteiger partial charge in [-0.25, -0.2) is 4.98 Å². The number of aromatic amines is 1. The molecule has 1 amide bonds. The number of nitrogens with zero attached hydrogens (tertiary/aromatic N) is 2. The molecule has 0 atom stereocenters. The number of H-pyrrole nitrogens is 1. The van der Waals surface area contributed by atoms with Gasteiger partial charge in [0.25, 0.3) is 0 Å². The standard InChI is InChI=1S/C13H14BrN3O/c1-17(12-9-10(14)6-8-16-12)13(18)5-4-11-3-2-7-15-11/h2-3,6-9,15H,4-5H2,1H3. The van der Waals surface area contributed by atoms with Crippen LogP contribution in [0.2, 0.25) is 0 Å². The predicted octanol–water partition coefficient (Wildman–Crippen LogP) is 2.77. The summed E-state index contributed by atoms with van der Waals surface area (Å²) in [7, 11) is 1.74. The molecule has 0 radical (unpaired) electrons. The summed E-state index contributed by atoms with van der Waals surface area (Å²) >= 11 is 3.37. The number of halogens is 1. The first-order valence-corrected chi connectivity index (χ1v) is 6.46. The predicted molar refractivity (Wildman–Crippen MR) is 74.5 cm³/mol. The lowest BCUT2D eigenvalue weighted by Crippen LogP contribution is -2.27. The van der Waals surface area contributed by atoms with Crippen LogP contribution >= 0.6 is 15.9 Å². The molecule has 2 aromatic heterocycles. The van der Waals surface area contributed by atoms with Crippen LogP contribution in [-0.2, 0) is 11.2 Å². The Labute approximate surface area is 114 Å². The van der Waals surface area contributed by atoms with Gasteiger partial charge in [-0.1, -0.05) is 15.9 Å². The van der Waals surface area contributed by atoms with Crippen molar-refractivity contribution in [1.29, 1.82) is 0 Å². The van der Waals surface area contributed by atoms with Gasteiger partial charge in [0.2, 0.25) is 5.91 Å². The minimum absolute atomic E-state index is 0.0511. The number of rotatable bonds is 4. The Morgan fingerprint density at radius 2 is 2.33 bits per heavy atom. The number of hydrogen-bond acceptors (Lipinski definition) is 2. The van der Waals surface area contributed by atoms with Crippen LogP contribution in [0.1, 0.15) is 12.1 Å². The van der Waals surface area contributed by atoms with E-state index < -0.39 is 0 Å². The molecule has 4 nitrogen and oxygen atoms in total. The highest BCUT2D eigenvalue weighted by Crippen LogP contribution is 2.16. The van der Waals surface area contributed by atoms with Gasteiger partial charge in [-0.3, -0.25) is 9.69 Å². The lowest BCUT2D eigenvalue weighted by molar-refractivity contribution is -0.118. The van der Waals surface area contributed by atoms with Crippen molar-refractivity contribution in [3.05, 3.63) is 46.8 Å². The van der Waals surface area contributed by atoms with Gasteiger partial charge in [-0.2, -0.15) is 0 Å². The van der Waals surface area contributed by atoms with E-state index in [1.54, 1.807) is 18.1 Å². The zero-order valence-electron chi connectivity index (χ0n) is 10.1. The average Bonchev–Trinajstić information content (AvgIpc) is 2.88. The number of hydrogen-bond donors (Lipinski definition) is 1. The van der Waals surface area contributed by atoms with Crippen molar-refractivity contribution in [2.45, 2.75) is 12.8 Å². The maximum Gasteiger partial charge on any atom is 0.228 e. The SMILES string of the molecule is CN(C(=O)CCc1ccc[nH]1)c1cc(Br)ccn1. The lowest BCUT2D eigenvalue weighted by atomic mass is 10.2. The van der Waals surface area contributed by atoms with Crippen LogP contribution in [0.15, 0.2) is 41.1 Å². The first-order chi connectivity index (χ1) is 8.66. The van der Waals surface area contributed by atoms with Gasteiger partial charge in [-0.05, 0) is 30.7 Å². The summed E-state index contributed by atoms with van der Waals surface area (Å²) in [5, 5.41) is 0. The van der Waals surface area contributed by atoms with Crippen LogP contribution in [-0.4, -0.2) is 22.9 Å². The number of anilines is 1. The molecule has 2 rings (SSSR count). The number of carbonyl (C=O) groups is 1. The van der Waals surface area contributed by atoms with E-state index >= 15 is 0 Å². The topological polar surface area (TPSA) is 49.0 Å². The minimum atomic E-state index is 0.0511. The van der Waals surface area contributed by atoms with Gasteiger partial charge in [-0.15, -0.1) is 0 Å². The molecule has 1 N–H and O–H groups in total. The Balaban J connectivity index is 1.96. The monoisotopic (exact) mass is 307 g/mol. The van der Waals surface area contributed by atoms with Crippen LogP contribution in [0, 0.1) is 0 Å². The zero-order valence-corrected chi connectivity index (χ0v) is 11.6. The molecule has 0 aliphatic carbocycles. The second-order valence-electron chi connectivity index (χ2n) is 3.98. The smallest absolute Gasteiger partial charge is 0.228 e. The number of pyridine rings is 1. The maximum absolute atomic E-state index is 12.0. The van der Waals surface area contributed by atoms with Crippen molar-refractivity contribution in [2.75, 3.05) is 11.9 Å². The van der Waals surface area contributed by atoms with Crippen LogP contribution in [0.4, 0.5) is 5.82 Å². The van der Waals surface area contributed by atoms with Gasteiger partial charge in [0.05, 0.1) is 0 Å². The van der Waals surface area contributed by atoms with E-state index in [0.29, 0.717) is 18.7 Å². The third-order valence-electron chi connectivity index (χ3n) is 2.70. The fourth-order valence-electron chi connectivity index (χ4n) is 1.64. The van der Waals surface area contributed by atoms with Crippen molar-refractivity contribution in [1.82, 2.24) is 9.97 Å². The molecular weight excluding hydrogens is 294 g/mol. The molecule has 0 saturated carbocycles. The van der Waals surface area contributed by atoms with Gasteiger partial charge in [0.15, 0.2) is 0 Å². The van der Waals surface area contributed by atoms with E-state index in [-0.39, 0.29) is 5.91 Å². The summed E-state index contributed by atoms with van der Waals surface area (Å²) < 4.78 is 0.913. The average molecular weight is 308 g/mol. The fraction of sp³-hybridized carbons (Fsp3) is 0.231. The number of aromatic nitrogens is 2. The number of carbonyl (C=O) groups excluding carboxylic acids is 1. The largest absolute Gasteiger partial charge is 0.365 e. The molecule has 0 aliphatic rings. The molecule has 0 spiro atoms. The Kier molecular flexibility index (Phi) is 4.15. The third-order valence-corrected chi connectivity index (χ3v) is 3.19. The highest BCUT2D eigenvalue weighted by Gasteiger charge is 2.12. The van der Waals surface area contributed by atoms with E-state index in [9.17, 15) is 4.79 Å². The number of amides is 1. The van der Waals surface area contributed by atoms with E-state index in [1.165, 1.54) is 0 Å². The van der Waals surface area contributed by atoms with Crippen molar-refractivity contribution < 1.29 is 4.79 Å². The van der Waals surface area contributed by atoms with Gasteiger partial charge < -0.3 is 4.98 Å². The Hall–Kier alpha value is -1.62. The van der Waals surface area contributed by atoms with E-state index in [2.05, 4.69) is 25.9 Å². The summed E-state index contributed by atoms with van der Waals surface area (Å²) in [6.07, 6.45) is 4.71. The molecule has 0 aromatic carbocycles. The summed E-state index contributed by atoms with van der Waals surface area (Å²) in [5.41, 5.74) is 1.07. The second kappa shape index (κ2) is 5.82. The first-order valence-electron chi connectivity index (χ1n) is 5.67. The molecule has 18 heavy (non-hydrogen) atoms. The van der Waals surface area contributed by atoms with Crippen LogP contribution in [0.3, 0.4) is 0 Å². The van der Waals surface area contributed by atoms with Crippen LogP contribution in [0.25, 0.3) is 0 Å². The Morgan fingerprint density at radius 1 is 1.50 bits per heavy atom. The summed E-state index contributed by atoms with van der Waals surface area (Å²) in [6, 6.07) is 7.57. The molecule has 0 fully saturated rings. The van der Waals surface area contributed by atoms with Crippen molar-refractivity contribution in [3.63, 3.8) is 0 Å². The highest BCUT2D eigenvalue weighted by molar-refractivity contribution is 9.10. The molecule has 2 aromatic rings. The quantitative estimate of drug-likeness (QED) is 0.944. The minimum Gasteiger partial charge on any atom is -0.365 e. The zero-order chi connectivity index (χ0) is 13.0.